The summed E-state index contributed by atoms with van der Waals surface area (Å²) < 4.78 is 0. The highest BCUT2D eigenvalue weighted by Gasteiger charge is 2.76. The zero-order chi connectivity index (χ0) is 17.6. The van der Waals surface area contributed by atoms with Crippen molar-refractivity contribution in [2.24, 2.45) is 57.7 Å². The van der Waals surface area contributed by atoms with E-state index in [2.05, 4.69) is 34.6 Å². The Labute approximate surface area is 156 Å². The Balaban J connectivity index is 1.45. The zero-order valence-corrected chi connectivity index (χ0v) is 17.6. The summed E-state index contributed by atoms with van der Waals surface area (Å²) in [5, 5.41) is 0. The van der Waals surface area contributed by atoms with Crippen LogP contribution in [0.4, 0.5) is 0 Å². The highest BCUT2D eigenvalue weighted by molar-refractivity contribution is 5.24. The molecule has 0 aromatic heterocycles. The van der Waals surface area contributed by atoms with Crippen LogP contribution in [0.25, 0.3) is 0 Å². The lowest BCUT2D eigenvalue weighted by atomic mass is 9.44. The first-order valence-corrected chi connectivity index (χ1v) is 11.9. The maximum atomic E-state index is 2.77. The summed E-state index contributed by atoms with van der Waals surface area (Å²) in [6.07, 6.45) is 15.4. The summed E-state index contributed by atoms with van der Waals surface area (Å²) in [5.41, 5.74) is 2.20. The van der Waals surface area contributed by atoms with Crippen LogP contribution in [0.2, 0.25) is 0 Å². The van der Waals surface area contributed by atoms with Crippen LogP contribution in [-0.4, -0.2) is 0 Å². The zero-order valence-electron chi connectivity index (χ0n) is 17.6. The van der Waals surface area contributed by atoms with Gasteiger partial charge in [-0.05, 0) is 109 Å². The average Bonchev–Trinajstić information content (AvgIpc) is 3.09. The van der Waals surface area contributed by atoms with Crippen molar-refractivity contribution in [2.45, 2.75) is 98.8 Å². The van der Waals surface area contributed by atoms with Crippen molar-refractivity contribution in [3.63, 3.8) is 0 Å². The number of hydrogen-bond donors (Lipinski definition) is 0. The first kappa shape index (κ1) is 17.1. The molecular formula is C25H42. The standard InChI is InChI=1S/C25H42/c1-6-7-16(2)20-8-9-21-19-14-17(3)25-15-18(25)10-13-24(25,5)22(19)11-12-23(20,21)4/h16-22H,6-15H2,1-5H3/t16-,17-,18+,19?,20?,21?,22?,23-,24-,25?/m1/s1. The van der Waals surface area contributed by atoms with E-state index in [4.69, 9.17) is 0 Å². The molecule has 25 heavy (non-hydrogen) atoms. The molecule has 0 nitrogen and oxygen atoms in total. The van der Waals surface area contributed by atoms with Crippen molar-refractivity contribution in [2.75, 3.05) is 0 Å². The van der Waals surface area contributed by atoms with Gasteiger partial charge in [-0.3, -0.25) is 0 Å². The van der Waals surface area contributed by atoms with E-state index in [0.717, 1.165) is 46.8 Å². The molecule has 0 aromatic rings. The van der Waals surface area contributed by atoms with Crippen LogP contribution in [0, 0.1) is 57.7 Å². The average molecular weight is 343 g/mol. The van der Waals surface area contributed by atoms with Crippen LogP contribution in [0.1, 0.15) is 98.8 Å². The van der Waals surface area contributed by atoms with Gasteiger partial charge in [-0.1, -0.05) is 47.5 Å². The minimum Gasteiger partial charge on any atom is -0.0654 e. The third-order valence-corrected chi connectivity index (χ3v) is 11.5. The van der Waals surface area contributed by atoms with E-state index < -0.39 is 0 Å². The van der Waals surface area contributed by atoms with Crippen LogP contribution in [0.15, 0.2) is 0 Å². The van der Waals surface area contributed by atoms with E-state index in [1.807, 2.05) is 0 Å². The van der Waals surface area contributed by atoms with Gasteiger partial charge in [0.25, 0.3) is 0 Å². The maximum absolute atomic E-state index is 2.77. The molecule has 10 atom stereocenters. The molecule has 0 saturated heterocycles. The van der Waals surface area contributed by atoms with Gasteiger partial charge in [0.1, 0.15) is 0 Å². The van der Waals surface area contributed by atoms with E-state index in [1.54, 1.807) is 51.4 Å². The summed E-state index contributed by atoms with van der Waals surface area (Å²) in [6.45, 7) is 13.1. The van der Waals surface area contributed by atoms with Crippen LogP contribution < -0.4 is 0 Å². The molecule has 5 aliphatic carbocycles. The molecule has 142 valence electrons. The van der Waals surface area contributed by atoms with Crippen molar-refractivity contribution >= 4 is 0 Å². The van der Waals surface area contributed by atoms with E-state index >= 15 is 0 Å². The molecule has 5 rings (SSSR count). The molecule has 5 aliphatic rings. The predicted molar refractivity (Wildman–Crippen MR) is 106 cm³/mol. The van der Waals surface area contributed by atoms with Crippen LogP contribution in [0.3, 0.4) is 0 Å². The highest BCUT2D eigenvalue weighted by atomic mass is 14.8. The second-order valence-corrected chi connectivity index (χ2v) is 11.9. The van der Waals surface area contributed by atoms with Gasteiger partial charge in [0.15, 0.2) is 0 Å². The van der Waals surface area contributed by atoms with Gasteiger partial charge in [-0.15, -0.1) is 0 Å². The van der Waals surface area contributed by atoms with Crippen molar-refractivity contribution in [3.05, 3.63) is 0 Å². The SMILES string of the molecule is CCC[C@@H](C)C1CCC2C3C[C@@H](C)C45C[C@@H]4CC[C@]5(C)C3CC[C@@]21C. The van der Waals surface area contributed by atoms with Crippen molar-refractivity contribution < 1.29 is 0 Å². The molecule has 5 saturated carbocycles. The Morgan fingerprint density at radius 1 is 1.00 bits per heavy atom. The summed E-state index contributed by atoms with van der Waals surface area (Å²) >= 11 is 0. The summed E-state index contributed by atoms with van der Waals surface area (Å²) in [4.78, 5) is 0. The van der Waals surface area contributed by atoms with Gasteiger partial charge in [0, 0.05) is 0 Å². The molecule has 0 aromatic carbocycles. The second-order valence-electron chi connectivity index (χ2n) is 11.9. The van der Waals surface area contributed by atoms with Gasteiger partial charge >= 0.3 is 0 Å². The molecule has 0 heterocycles. The maximum Gasteiger partial charge on any atom is -0.0184 e. The highest BCUT2D eigenvalue weighted by Crippen LogP contribution is 2.83. The number of fused-ring (bicyclic) bond motifs is 4. The fourth-order valence-corrected chi connectivity index (χ4v) is 10.5. The summed E-state index contributed by atoms with van der Waals surface area (Å²) in [7, 11) is 0. The molecule has 0 bridgehead atoms. The summed E-state index contributed by atoms with van der Waals surface area (Å²) in [6, 6.07) is 0. The number of hydrogen-bond acceptors (Lipinski definition) is 0. The number of rotatable bonds is 3. The summed E-state index contributed by atoms with van der Waals surface area (Å²) in [5.74, 6) is 7.33. The fourth-order valence-electron chi connectivity index (χ4n) is 10.5. The Morgan fingerprint density at radius 2 is 1.80 bits per heavy atom. The molecule has 0 heteroatoms. The third-order valence-electron chi connectivity index (χ3n) is 11.5. The normalized spacial score (nSPS) is 60.4. The van der Waals surface area contributed by atoms with Gasteiger partial charge in [0.2, 0.25) is 0 Å². The lowest BCUT2D eigenvalue weighted by molar-refractivity contribution is -0.125. The van der Waals surface area contributed by atoms with Crippen molar-refractivity contribution in [3.8, 4) is 0 Å². The lowest BCUT2D eigenvalue weighted by Gasteiger charge is -2.61. The van der Waals surface area contributed by atoms with Crippen LogP contribution >= 0.6 is 0 Å². The van der Waals surface area contributed by atoms with E-state index in [9.17, 15) is 0 Å². The predicted octanol–water partition coefficient (Wildman–Crippen LogP) is 7.33. The van der Waals surface area contributed by atoms with Gasteiger partial charge in [-0.25, -0.2) is 0 Å². The van der Waals surface area contributed by atoms with E-state index in [-0.39, 0.29) is 0 Å². The smallest absolute Gasteiger partial charge is 0.0184 e. The second kappa shape index (κ2) is 5.29. The quantitative estimate of drug-likeness (QED) is 0.503. The third kappa shape index (κ3) is 1.91. The molecule has 5 unspecified atom stereocenters. The Hall–Kier alpha value is 0. The van der Waals surface area contributed by atoms with Gasteiger partial charge in [-0.2, -0.15) is 0 Å². The molecular weight excluding hydrogens is 300 g/mol. The van der Waals surface area contributed by atoms with Gasteiger partial charge in [0.05, 0.1) is 0 Å². The fraction of sp³-hybridized carbons (Fsp3) is 1.00. The molecule has 1 spiro atoms. The van der Waals surface area contributed by atoms with Gasteiger partial charge < -0.3 is 0 Å². The topological polar surface area (TPSA) is 0 Å². The lowest BCUT2D eigenvalue weighted by Crippen LogP contribution is -2.54. The molecule has 0 radical (unpaired) electrons. The first-order valence-electron chi connectivity index (χ1n) is 11.9. The molecule has 0 aliphatic heterocycles. The molecule has 5 fully saturated rings. The van der Waals surface area contributed by atoms with Crippen LogP contribution in [-0.2, 0) is 0 Å². The Kier molecular flexibility index (Phi) is 3.62. The van der Waals surface area contributed by atoms with Crippen molar-refractivity contribution in [1.29, 1.82) is 0 Å². The Morgan fingerprint density at radius 3 is 2.52 bits per heavy atom. The minimum atomic E-state index is 0.678. The minimum absolute atomic E-state index is 0.678. The Bertz CT molecular complexity index is 550. The van der Waals surface area contributed by atoms with E-state index in [0.29, 0.717) is 10.8 Å². The molecule has 0 amide bonds. The largest absolute Gasteiger partial charge is 0.0654 e. The molecule has 0 N–H and O–H groups in total. The van der Waals surface area contributed by atoms with Crippen LogP contribution in [0.5, 0.6) is 0 Å². The van der Waals surface area contributed by atoms with E-state index in [1.165, 1.54) is 12.8 Å². The van der Waals surface area contributed by atoms with Crippen molar-refractivity contribution in [1.82, 2.24) is 0 Å². The monoisotopic (exact) mass is 342 g/mol. The first-order chi connectivity index (χ1) is 11.9.